The molecule has 1 heterocycles. The van der Waals surface area contributed by atoms with E-state index in [0.29, 0.717) is 36.9 Å². The third kappa shape index (κ3) is 3.55. The van der Waals surface area contributed by atoms with Crippen LogP contribution in [0.1, 0.15) is 40.3 Å². The van der Waals surface area contributed by atoms with E-state index in [1.807, 2.05) is 18.2 Å². The predicted molar refractivity (Wildman–Crippen MR) is 111 cm³/mol. The number of hydrogen-bond acceptors (Lipinski definition) is 2. The van der Waals surface area contributed by atoms with Gasteiger partial charge in [0.15, 0.2) is 5.25 Å². The van der Waals surface area contributed by atoms with Gasteiger partial charge in [-0.25, -0.2) is 3.89 Å². The summed E-state index contributed by atoms with van der Waals surface area (Å²) in [6.07, 6.45) is -2.67. The van der Waals surface area contributed by atoms with Crippen LogP contribution in [0, 0.1) is 0 Å². The summed E-state index contributed by atoms with van der Waals surface area (Å²) < 4.78 is 64.8. The lowest BCUT2D eigenvalue weighted by atomic mass is 9.97. The van der Waals surface area contributed by atoms with Crippen molar-refractivity contribution in [3.63, 3.8) is 0 Å². The van der Waals surface area contributed by atoms with Crippen molar-refractivity contribution < 1.29 is 25.5 Å². The number of rotatable bonds is 4. The van der Waals surface area contributed by atoms with Gasteiger partial charge in [0.2, 0.25) is 0 Å². The van der Waals surface area contributed by atoms with Crippen LogP contribution in [0.4, 0.5) is 13.2 Å². The van der Waals surface area contributed by atoms with Gasteiger partial charge >= 0.3 is 16.2 Å². The number of quaternary nitrogens is 1. The zero-order valence-corrected chi connectivity index (χ0v) is 18.4. The van der Waals surface area contributed by atoms with Gasteiger partial charge in [-0.3, -0.25) is 0 Å². The molecule has 2 aromatic carbocycles. The Hall–Kier alpha value is -1.57. The summed E-state index contributed by atoms with van der Waals surface area (Å²) in [6, 6.07) is 9.89. The fourth-order valence-electron chi connectivity index (χ4n) is 4.88. The third-order valence-electron chi connectivity index (χ3n) is 6.61. The number of halogens is 4. The second-order valence-electron chi connectivity index (χ2n) is 8.69. The van der Waals surface area contributed by atoms with Crippen LogP contribution in [-0.2, 0) is 41.3 Å². The van der Waals surface area contributed by atoms with Gasteiger partial charge in [0.05, 0.1) is 12.6 Å². The summed E-state index contributed by atoms with van der Waals surface area (Å²) in [6.45, 7) is 2.37. The molecule has 8 heteroatoms. The summed E-state index contributed by atoms with van der Waals surface area (Å²) in [4.78, 5) is 0. The number of benzene rings is 2. The second-order valence-corrected chi connectivity index (χ2v) is 11.6. The Bertz CT molecular complexity index is 1100. The molecule has 1 aliphatic carbocycles. The van der Waals surface area contributed by atoms with E-state index < -0.39 is 21.8 Å². The molecule has 2 aliphatic rings. The first kappa shape index (κ1) is 21.7. The molecule has 0 radical (unpaired) electrons. The highest BCUT2D eigenvalue weighted by atomic mass is 35.5. The third-order valence-corrected chi connectivity index (χ3v) is 9.69. The first-order valence-electron chi connectivity index (χ1n) is 9.90. The predicted octanol–water partition coefficient (Wildman–Crippen LogP) is 4.68. The van der Waals surface area contributed by atoms with Crippen LogP contribution in [0.2, 0.25) is 0 Å². The average molecular weight is 459 g/mol. The van der Waals surface area contributed by atoms with Crippen molar-refractivity contribution in [1.82, 2.24) is 0 Å². The number of fused-ring (bicyclic) bond motifs is 1. The fourth-order valence-corrected chi connectivity index (χ4v) is 7.09. The number of hydrogen-bond donors (Lipinski definition) is 0. The minimum absolute atomic E-state index is 0.00661. The van der Waals surface area contributed by atoms with Crippen LogP contribution >= 0.6 is 11.6 Å². The molecule has 30 heavy (non-hydrogen) atoms. The van der Waals surface area contributed by atoms with Crippen molar-refractivity contribution in [3.8, 4) is 0 Å². The summed E-state index contributed by atoms with van der Waals surface area (Å²) in [7, 11) is -1.37. The molecule has 0 N–H and O–H groups in total. The standard InChI is InChI=1S/C22H24ClF3NO2S/c1-14-13-27(2,30(14,28)29)21-10-18-4-3-15(7-19(18)11-21)5-16-6-17(12-23)9-20(8-16)22(24,25)26/h3-4,6-9,14,21H,5,10-13H2,1-2H3/q+1/t14?,21-,27?/m0/s1. The van der Waals surface area contributed by atoms with Crippen molar-refractivity contribution in [2.45, 2.75) is 49.5 Å². The molecule has 1 aliphatic heterocycles. The number of sulfonamides is 1. The van der Waals surface area contributed by atoms with E-state index in [4.69, 9.17) is 11.6 Å². The minimum atomic E-state index is -4.42. The molecular weight excluding hydrogens is 435 g/mol. The molecule has 1 fully saturated rings. The first-order chi connectivity index (χ1) is 13.9. The van der Waals surface area contributed by atoms with Gasteiger partial charge in [-0.2, -0.15) is 21.6 Å². The molecule has 0 spiro atoms. The molecule has 3 nitrogen and oxygen atoms in total. The summed E-state index contributed by atoms with van der Waals surface area (Å²) in [5.74, 6) is 0.0200. The highest BCUT2D eigenvalue weighted by Crippen LogP contribution is 2.40. The smallest absolute Gasteiger partial charge is 0.216 e. The Kier molecular flexibility index (Phi) is 5.23. The van der Waals surface area contributed by atoms with E-state index in [1.54, 1.807) is 20.0 Å². The van der Waals surface area contributed by atoms with E-state index in [0.717, 1.165) is 22.8 Å². The van der Waals surface area contributed by atoms with Gasteiger partial charge < -0.3 is 0 Å². The zero-order valence-electron chi connectivity index (χ0n) is 16.8. The molecule has 0 aromatic heterocycles. The highest BCUT2D eigenvalue weighted by molar-refractivity contribution is 7.87. The maximum absolute atomic E-state index is 13.2. The lowest BCUT2D eigenvalue weighted by Gasteiger charge is -2.48. The average Bonchev–Trinajstić information content (AvgIpc) is 3.10. The van der Waals surface area contributed by atoms with Crippen LogP contribution < -0.4 is 0 Å². The lowest BCUT2D eigenvalue weighted by molar-refractivity contribution is -0.830. The maximum atomic E-state index is 13.2. The Morgan fingerprint density at radius 3 is 2.30 bits per heavy atom. The SMILES string of the molecule is CC1C[N+](C)([C@H]2Cc3ccc(Cc4cc(CCl)cc(C(F)(F)F)c4)cc3C2)S1(=O)=O. The van der Waals surface area contributed by atoms with Crippen LogP contribution in [0.5, 0.6) is 0 Å². The van der Waals surface area contributed by atoms with Crippen molar-refractivity contribution >= 4 is 21.6 Å². The summed E-state index contributed by atoms with van der Waals surface area (Å²) in [5, 5.41) is -0.307. The number of likely N-dealkylation sites (N-methyl/N-ethyl adjacent to an activating group) is 1. The number of nitrogens with zero attached hydrogens (tertiary/aromatic N) is 1. The fraction of sp³-hybridized carbons (Fsp3) is 0.455. The van der Waals surface area contributed by atoms with Gasteiger partial charge in [-0.1, -0.05) is 24.3 Å². The van der Waals surface area contributed by atoms with Crippen LogP contribution in [0.3, 0.4) is 0 Å². The Morgan fingerprint density at radius 2 is 1.70 bits per heavy atom. The first-order valence-corrected chi connectivity index (χ1v) is 11.9. The Balaban J connectivity index is 1.57. The molecule has 162 valence electrons. The monoisotopic (exact) mass is 458 g/mol. The second kappa shape index (κ2) is 7.24. The van der Waals surface area contributed by atoms with E-state index in [-0.39, 0.29) is 21.1 Å². The van der Waals surface area contributed by atoms with Crippen molar-refractivity contribution in [1.29, 1.82) is 0 Å². The van der Waals surface area contributed by atoms with Crippen LogP contribution in [0.15, 0.2) is 36.4 Å². The van der Waals surface area contributed by atoms with E-state index in [1.165, 1.54) is 6.07 Å². The van der Waals surface area contributed by atoms with Gasteiger partial charge in [-0.05, 0) is 53.3 Å². The zero-order chi connectivity index (χ0) is 21.9. The van der Waals surface area contributed by atoms with E-state index in [2.05, 4.69) is 0 Å². The molecule has 0 amide bonds. The quantitative estimate of drug-likeness (QED) is 0.492. The maximum Gasteiger partial charge on any atom is 0.416 e. The number of alkyl halides is 4. The molecule has 0 bridgehead atoms. The molecule has 3 atom stereocenters. The van der Waals surface area contributed by atoms with E-state index >= 15 is 0 Å². The topological polar surface area (TPSA) is 34.1 Å². The van der Waals surface area contributed by atoms with Crippen LogP contribution in [0.25, 0.3) is 0 Å². The largest absolute Gasteiger partial charge is 0.416 e. The van der Waals surface area contributed by atoms with Crippen molar-refractivity contribution in [2.24, 2.45) is 0 Å². The molecule has 2 unspecified atom stereocenters. The Labute approximate surface area is 180 Å². The Morgan fingerprint density at radius 1 is 1.03 bits per heavy atom. The van der Waals surface area contributed by atoms with Gasteiger partial charge in [0.25, 0.3) is 0 Å². The molecule has 4 rings (SSSR count). The van der Waals surface area contributed by atoms with Crippen molar-refractivity contribution in [3.05, 3.63) is 69.8 Å². The molecule has 2 aromatic rings. The summed E-state index contributed by atoms with van der Waals surface area (Å²) >= 11 is 5.79. The van der Waals surface area contributed by atoms with Gasteiger partial charge in [0.1, 0.15) is 12.6 Å². The van der Waals surface area contributed by atoms with Crippen LogP contribution in [-0.4, -0.2) is 37.2 Å². The molecule has 1 saturated heterocycles. The molecule has 0 saturated carbocycles. The van der Waals surface area contributed by atoms with Gasteiger partial charge in [-0.15, -0.1) is 11.6 Å². The molecular formula is C22H24ClF3NO2S+. The van der Waals surface area contributed by atoms with Crippen molar-refractivity contribution in [2.75, 3.05) is 13.6 Å². The van der Waals surface area contributed by atoms with Gasteiger partial charge in [0, 0.05) is 18.7 Å². The minimum Gasteiger partial charge on any atom is -0.216 e. The summed E-state index contributed by atoms with van der Waals surface area (Å²) in [5.41, 5.74) is 3.45. The lowest BCUT2D eigenvalue weighted by Crippen LogP contribution is -2.71. The normalized spacial score (nSPS) is 27.5. The highest BCUT2D eigenvalue weighted by Gasteiger charge is 2.59. The van der Waals surface area contributed by atoms with E-state index in [9.17, 15) is 21.6 Å².